The Morgan fingerprint density at radius 3 is 2.89 bits per heavy atom. The zero-order valence-electron chi connectivity index (χ0n) is 10.1. The number of hydrogen-bond donors (Lipinski definition) is 0. The van der Waals surface area contributed by atoms with Crippen LogP contribution in [0.4, 0.5) is 0 Å². The molecule has 2 rings (SSSR count). The van der Waals surface area contributed by atoms with E-state index in [1.807, 2.05) is 6.92 Å². The normalized spacial score (nSPS) is 10.4. The van der Waals surface area contributed by atoms with Crippen molar-refractivity contribution < 1.29 is 4.79 Å². The van der Waals surface area contributed by atoms with Crippen LogP contribution in [0.1, 0.15) is 20.2 Å². The van der Waals surface area contributed by atoms with E-state index in [0.717, 1.165) is 9.88 Å². The number of carbonyl (C=O) groups is 1. The van der Waals surface area contributed by atoms with Crippen molar-refractivity contribution >= 4 is 28.8 Å². The highest BCUT2D eigenvalue weighted by molar-refractivity contribution is 7.11. The van der Waals surface area contributed by atoms with Gasteiger partial charge in [0.25, 0.3) is 5.91 Å². The number of aromatic nitrogens is 2. The van der Waals surface area contributed by atoms with Crippen LogP contribution in [0.2, 0.25) is 5.15 Å². The fraction of sp³-hybridized carbons (Fsp3) is 0.250. The van der Waals surface area contributed by atoms with Gasteiger partial charge in [-0.3, -0.25) is 4.79 Å². The summed E-state index contributed by atoms with van der Waals surface area (Å²) in [7, 11) is 1.74. The van der Waals surface area contributed by atoms with Crippen LogP contribution >= 0.6 is 22.9 Å². The molecule has 0 aliphatic heterocycles. The van der Waals surface area contributed by atoms with Crippen LogP contribution in [0, 0.1) is 6.92 Å². The molecule has 0 unspecified atom stereocenters. The third-order valence-corrected chi connectivity index (χ3v) is 3.60. The average molecular weight is 282 g/mol. The van der Waals surface area contributed by atoms with Gasteiger partial charge in [-0.2, -0.15) is 0 Å². The molecule has 6 heteroatoms. The summed E-state index contributed by atoms with van der Waals surface area (Å²) < 4.78 is 0. The molecule has 0 aliphatic carbocycles. The molecule has 0 saturated carbocycles. The lowest BCUT2D eigenvalue weighted by Gasteiger charge is -2.16. The summed E-state index contributed by atoms with van der Waals surface area (Å²) in [6, 6.07) is 3.37. The number of thiazole rings is 1. The average Bonchev–Trinajstić information content (AvgIpc) is 2.74. The highest BCUT2D eigenvalue weighted by atomic mass is 35.5. The Hall–Kier alpha value is -1.46. The molecule has 0 bridgehead atoms. The van der Waals surface area contributed by atoms with Gasteiger partial charge in [0.05, 0.1) is 17.1 Å². The summed E-state index contributed by atoms with van der Waals surface area (Å²) in [6.07, 6.45) is 3.35. The highest BCUT2D eigenvalue weighted by Crippen LogP contribution is 2.17. The van der Waals surface area contributed by atoms with Gasteiger partial charge in [0, 0.05) is 24.3 Å². The standard InChI is InChI=1S/C12H12ClN3OS/c1-8-15-6-9(18-8)7-16(2)12(17)10-4-3-5-14-11(10)13/h3-6H,7H2,1-2H3. The van der Waals surface area contributed by atoms with Crippen LogP contribution in [0.5, 0.6) is 0 Å². The van der Waals surface area contributed by atoms with Crippen LogP contribution < -0.4 is 0 Å². The Kier molecular flexibility index (Phi) is 3.93. The van der Waals surface area contributed by atoms with E-state index in [4.69, 9.17) is 11.6 Å². The molecule has 18 heavy (non-hydrogen) atoms. The second kappa shape index (κ2) is 5.46. The molecule has 0 fully saturated rings. The van der Waals surface area contributed by atoms with Crippen molar-refractivity contribution in [2.75, 3.05) is 7.05 Å². The molecule has 1 amide bonds. The third-order valence-electron chi connectivity index (χ3n) is 2.40. The molecule has 4 nitrogen and oxygen atoms in total. The molecular formula is C12H12ClN3OS. The molecule has 0 N–H and O–H groups in total. The van der Waals surface area contributed by atoms with Gasteiger partial charge >= 0.3 is 0 Å². The first-order valence-electron chi connectivity index (χ1n) is 5.35. The van der Waals surface area contributed by atoms with E-state index >= 15 is 0 Å². The summed E-state index contributed by atoms with van der Waals surface area (Å²) in [5.74, 6) is -0.140. The number of nitrogens with zero attached hydrogens (tertiary/aromatic N) is 3. The van der Waals surface area contributed by atoms with E-state index in [9.17, 15) is 4.79 Å². The third kappa shape index (κ3) is 2.86. The molecule has 0 aromatic carbocycles. The Bertz CT molecular complexity index is 570. The zero-order chi connectivity index (χ0) is 13.1. The molecule has 2 aromatic heterocycles. The smallest absolute Gasteiger partial charge is 0.257 e. The maximum atomic E-state index is 12.2. The first-order chi connectivity index (χ1) is 8.58. The summed E-state index contributed by atoms with van der Waals surface area (Å²) in [6.45, 7) is 2.46. The maximum Gasteiger partial charge on any atom is 0.257 e. The Morgan fingerprint density at radius 1 is 1.50 bits per heavy atom. The van der Waals surface area contributed by atoms with Crippen molar-refractivity contribution in [1.29, 1.82) is 0 Å². The number of hydrogen-bond acceptors (Lipinski definition) is 4. The quantitative estimate of drug-likeness (QED) is 0.813. The first kappa shape index (κ1) is 13.0. The fourth-order valence-corrected chi connectivity index (χ4v) is 2.58. The second-order valence-electron chi connectivity index (χ2n) is 3.85. The van der Waals surface area contributed by atoms with Crippen molar-refractivity contribution in [1.82, 2.24) is 14.9 Å². The minimum absolute atomic E-state index is 0.140. The second-order valence-corrected chi connectivity index (χ2v) is 5.53. The molecule has 0 aliphatic rings. The van der Waals surface area contributed by atoms with Crippen molar-refractivity contribution in [3.8, 4) is 0 Å². The number of rotatable bonds is 3. The number of carbonyl (C=O) groups excluding carboxylic acids is 1. The lowest BCUT2D eigenvalue weighted by atomic mass is 10.2. The lowest BCUT2D eigenvalue weighted by molar-refractivity contribution is 0.0786. The molecule has 0 spiro atoms. The Morgan fingerprint density at radius 2 is 2.28 bits per heavy atom. The van der Waals surface area contributed by atoms with Crippen LogP contribution in [0.25, 0.3) is 0 Å². The molecule has 2 heterocycles. The van der Waals surface area contributed by atoms with Gasteiger partial charge in [0.2, 0.25) is 0 Å². The minimum Gasteiger partial charge on any atom is -0.336 e. The van der Waals surface area contributed by atoms with Crippen LogP contribution in [-0.4, -0.2) is 27.8 Å². The highest BCUT2D eigenvalue weighted by Gasteiger charge is 2.16. The Balaban J connectivity index is 2.12. The van der Waals surface area contributed by atoms with E-state index in [0.29, 0.717) is 12.1 Å². The van der Waals surface area contributed by atoms with E-state index in [-0.39, 0.29) is 11.1 Å². The predicted octanol–water partition coefficient (Wildman–Crippen LogP) is 2.77. The lowest BCUT2D eigenvalue weighted by Crippen LogP contribution is -2.26. The van der Waals surface area contributed by atoms with Crippen molar-refractivity contribution in [2.45, 2.75) is 13.5 Å². The topological polar surface area (TPSA) is 46.1 Å². The van der Waals surface area contributed by atoms with Gasteiger partial charge < -0.3 is 4.90 Å². The van der Waals surface area contributed by atoms with Crippen LogP contribution in [0.15, 0.2) is 24.5 Å². The number of aryl methyl sites for hydroxylation is 1. The summed E-state index contributed by atoms with van der Waals surface area (Å²) in [4.78, 5) is 22.9. The largest absolute Gasteiger partial charge is 0.336 e. The molecule has 0 atom stereocenters. The Labute approximate surface area is 114 Å². The van der Waals surface area contributed by atoms with Crippen LogP contribution in [-0.2, 0) is 6.54 Å². The monoisotopic (exact) mass is 281 g/mol. The molecule has 0 radical (unpaired) electrons. The van der Waals surface area contributed by atoms with Crippen molar-refractivity contribution in [3.05, 3.63) is 45.1 Å². The van der Waals surface area contributed by atoms with Gasteiger partial charge in [-0.05, 0) is 19.1 Å². The van der Waals surface area contributed by atoms with E-state index in [1.165, 1.54) is 0 Å². The fourth-order valence-electron chi connectivity index (χ4n) is 1.54. The van der Waals surface area contributed by atoms with E-state index in [1.54, 1.807) is 47.8 Å². The summed E-state index contributed by atoms with van der Waals surface area (Å²) >= 11 is 7.48. The number of pyridine rings is 1. The first-order valence-corrected chi connectivity index (χ1v) is 6.54. The van der Waals surface area contributed by atoms with E-state index in [2.05, 4.69) is 9.97 Å². The minimum atomic E-state index is -0.140. The van der Waals surface area contributed by atoms with Crippen LogP contribution in [0.3, 0.4) is 0 Å². The zero-order valence-corrected chi connectivity index (χ0v) is 11.6. The number of halogens is 1. The van der Waals surface area contributed by atoms with Gasteiger partial charge in [0.1, 0.15) is 5.15 Å². The van der Waals surface area contributed by atoms with Gasteiger partial charge in [-0.25, -0.2) is 9.97 Å². The molecule has 2 aromatic rings. The van der Waals surface area contributed by atoms with Gasteiger partial charge in [0.15, 0.2) is 0 Å². The van der Waals surface area contributed by atoms with E-state index < -0.39 is 0 Å². The van der Waals surface area contributed by atoms with Gasteiger partial charge in [-0.1, -0.05) is 11.6 Å². The van der Waals surface area contributed by atoms with Crippen molar-refractivity contribution in [3.63, 3.8) is 0 Å². The molecule has 0 saturated heterocycles. The van der Waals surface area contributed by atoms with Crippen molar-refractivity contribution in [2.24, 2.45) is 0 Å². The summed E-state index contributed by atoms with van der Waals surface area (Å²) in [5, 5.41) is 1.22. The molecule has 94 valence electrons. The maximum absolute atomic E-state index is 12.2. The van der Waals surface area contributed by atoms with Gasteiger partial charge in [-0.15, -0.1) is 11.3 Å². The SMILES string of the molecule is Cc1ncc(CN(C)C(=O)c2cccnc2Cl)s1. The predicted molar refractivity (Wildman–Crippen MR) is 71.9 cm³/mol. The molecular weight excluding hydrogens is 270 g/mol. The summed E-state index contributed by atoms with van der Waals surface area (Å²) in [5.41, 5.74) is 0.419. The number of amides is 1.